The number of carbonyl (C=O) groups excluding carboxylic acids is 2. The van der Waals surface area contributed by atoms with Crippen molar-refractivity contribution in [1.82, 2.24) is 9.80 Å². The highest BCUT2D eigenvalue weighted by molar-refractivity contribution is 5.93. The second-order valence-corrected chi connectivity index (χ2v) is 6.81. The second-order valence-electron chi connectivity index (χ2n) is 6.81. The van der Waals surface area contributed by atoms with Crippen LogP contribution in [0.3, 0.4) is 0 Å². The van der Waals surface area contributed by atoms with Crippen LogP contribution < -0.4 is 11.1 Å². The Morgan fingerprint density at radius 2 is 1.70 bits per heavy atom. The first-order chi connectivity index (χ1) is 11.9. The maximum Gasteiger partial charge on any atom is 0.238 e. The Bertz CT molecular complexity index is 605. The highest BCUT2D eigenvalue weighted by atomic mass is 35.5. The summed E-state index contributed by atoms with van der Waals surface area (Å²) >= 11 is 0. The molecule has 1 aliphatic rings. The van der Waals surface area contributed by atoms with Crippen molar-refractivity contribution < 1.29 is 9.59 Å². The predicted octanol–water partition coefficient (Wildman–Crippen LogP) is 2.16. The van der Waals surface area contributed by atoms with Crippen LogP contribution in [0.1, 0.15) is 26.3 Å². The molecule has 1 aliphatic heterocycles. The molecule has 3 N–H and O–H groups in total. The van der Waals surface area contributed by atoms with Gasteiger partial charge in [-0.25, -0.2) is 0 Å². The van der Waals surface area contributed by atoms with E-state index < -0.39 is 0 Å². The number of aryl methyl sites for hydroxylation is 1. The predicted molar refractivity (Wildman–Crippen MR) is 115 cm³/mol. The molecule has 0 aliphatic carbocycles. The van der Waals surface area contributed by atoms with Crippen LogP contribution >= 0.6 is 24.8 Å². The fourth-order valence-corrected chi connectivity index (χ4v) is 2.98. The van der Waals surface area contributed by atoms with Gasteiger partial charge < -0.3 is 16.0 Å². The van der Waals surface area contributed by atoms with E-state index in [0.717, 1.165) is 17.7 Å². The summed E-state index contributed by atoms with van der Waals surface area (Å²) in [6.07, 6.45) is 0.884. The minimum Gasteiger partial charge on any atom is -0.340 e. The molecule has 2 rings (SSSR count). The van der Waals surface area contributed by atoms with Crippen molar-refractivity contribution >= 4 is 42.3 Å². The Kier molecular flexibility index (Phi) is 11.6. The van der Waals surface area contributed by atoms with Crippen LogP contribution in [0.2, 0.25) is 0 Å². The van der Waals surface area contributed by atoms with E-state index in [2.05, 4.69) is 17.1 Å². The molecule has 2 atom stereocenters. The molecule has 0 aromatic heterocycles. The molecule has 154 valence electrons. The third-order valence-electron chi connectivity index (χ3n) is 4.90. The van der Waals surface area contributed by atoms with Gasteiger partial charge >= 0.3 is 0 Å². The summed E-state index contributed by atoms with van der Waals surface area (Å²) in [6, 6.07) is 7.73. The molecule has 8 heteroatoms. The van der Waals surface area contributed by atoms with Gasteiger partial charge in [0.05, 0.1) is 12.5 Å². The molecule has 0 radical (unpaired) electrons. The number of benzene rings is 1. The van der Waals surface area contributed by atoms with Crippen molar-refractivity contribution in [2.45, 2.75) is 33.2 Å². The third kappa shape index (κ3) is 7.30. The van der Waals surface area contributed by atoms with Crippen LogP contribution in [0, 0.1) is 5.92 Å². The zero-order valence-electron chi connectivity index (χ0n) is 16.3. The van der Waals surface area contributed by atoms with E-state index in [4.69, 9.17) is 5.73 Å². The molecule has 2 unspecified atom stereocenters. The Labute approximate surface area is 174 Å². The molecule has 27 heavy (non-hydrogen) atoms. The average molecular weight is 419 g/mol. The maximum atomic E-state index is 12.3. The molecule has 1 saturated heterocycles. The van der Waals surface area contributed by atoms with E-state index >= 15 is 0 Å². The number of rotatable bonds is 6. The average Bonchev–Trinajstić information content (AvgIpc) is 2.61. The van der Waals surface area contributed by atoms with Crippen LogP contribution in [-0.2, 0) is 16.0 Å². The van der Waals surface area contributed by atoms with Gasteiger partial charge in [0.1, 0.15) is 0 Å². The fourth-order valence-electron chi connectivity index (χ4n) is 2.98. The van der Waals surface area contributed by atoms with E-state index in [1.54, 1.807) is 0 Å². The van der Waals surface area contributed by atoms with Gasteiger partial charge in [-0.05, 0) is 25.0 Å². The van der Waals surface area contributed by atoms with Crippen molar-refractivity contribution in [3.05, 3.63) is 29.8 Å². The lowest BCUT2D eigenvalue weighted by Crippen LogP contribution is -2.53. The van der Waals surface area contributed by atoms with Crippen LogP contribution in [0.5, 0.6) is 0 Å². The van der Waals surface area contributed by atoms with Crippen LogP contribution in [-0.4, -0.2) is 60.4 Å². The first-order valence-corrected chi connectivity index (χ1v) is 9.06. The van der Waals surface area contributed by atoms with E-state index in [1.807, 2.05) is 43.0 Å². The number of carbonyl (C=O) groups is 2. The van der Waals surface area contributed by atoms with E-state index in [0.29, 0.717) is 32.7 Å². The zero-order valence-corrected chi connectivity index (χ0v) is 17.9. The van der Waals surface area contributed by atoms with Crippen molar-refractivity contribution in [2.24, 2.45) is 11.7 Å². The van der Waals surface area contributed by atoms with Gasteiger partial charge in [-0.1, -0.05) is 32.0 Å². The van der Waals surface area contributed by atoms with Gasteiger partial charge in [0, 0.05) is 37.9 Å². The quantitative estimate of drug-likeness (QED) is 0.741. The van der Waals surface area contributed by atoms with Crippen LogP contribution in [0.4, 0.5) is 5.69 Å². The topological polar surface area (TPSA) is 78.7 Å². The zero-order chi connectivity index (χ0) is 18.4. The lowest BCUT2D eigenvalue weighted by Gasteiger charge is -2.36. The summed E-state index contributed by atoms with van der Waals surface area (Å²) in [4.78, 5) is 28.6. The summed E-state index contributed by atoms with van der Waals surface area (Å²) in [5, 5.41) is 3.00. The number of piperazine rings is 1. The van der Waals surface area contributed by atoms with Gasteiger partial charge in [0.15, 0.2) is 0 Å². The highest BCUT2D eigenvalue weighted by Crippen LogP contribution is 2.15. The van der Waals surface area contributed by atoms with E-state index in [1.165, 1.54) is 0 Å². The molecule has 1 aromatic rings. The number of amides is 2. The minimum atomic E-state index is -0.166. The Balaban J connectivity index is 0.00000338. The third-order valence-corrected chi connectivity index (χ3v) is 4.90. The van der Waals surface area contributed by atoms with Gasteiger partial charge in [0.2, 0.25) is 11.8 Å². The van der Waals surface area contributed by atoms with Crippen molar-refractivity contribution in [1.29, 1.82) is 0 Å². The molecule has 0 spiro atoms. The lowest BCUT2D eigenvalue weighted by atomic mass is 10.0. The summed E-state index contributed by atoms with van der Waals surface area (Å²) in [7, 11) is 0. The standard InChI is InChI=1S/C19H30N4O2.2ClH/c1-4-16-7-5-6-8-17(16)21-18(24)13-22-9-11-23(12-10-22)19(25)14(2)15(3)20;;/h5-8,14-15H,4,9-13,20H2,1-3H3,(H,21,24);2*1H. The summed E-state index contributed by atoms with van der Waals surface area (Å²) in [5.74, 6) is -0.0685. The molecule has 0 saturated carbocycles. The number of halogens is 2. The summed E-state index contributed by atoms with van der Waals surface area (Å²) < 4.78 is 0. The number of nitrogens with zero attached hydrogens (tertiary/aromatic N) is 2. The molecule has 2 amide bonds. The molecule has 1 heterocycles. The lowest BCUT2D eigenvalue weighted by molar-refractivity contribution is -0.137. The number of hydrogen-bond acceptors (Lipinski definition) is 4. The molecule has 0 bridgehead atoms. The number of anilines is 1. The molecule has 1 aromatic carbocycles. The number of nitrogens with two attached hydrogens (primary N) is 1. The van der Waals surface area contributed by atoms with Gasteiger partial charge in [-0.2, -0.15) is 0 Å². The molecule has 6 nitrogen and oxygen atoms in total. The normalized spacial score (nSPS) is 16.5. The Morgan fingerprint density at radius 1 is 1.11 bits per heavy atom. The smallest absolute Gasteiger partial charge is 0.238 e. The summed E-state index contributed by atoms with van der Waals surface area (Å²) in [5.41, 5.74) is 7.84. The van der Waals surface area contributed by atoms with Gasteiger partial charge in [0.25, 0.3) is 0 Å². The van der Waals surface area contributed by atoms with Crippen molar-refractivity contribution in [3.63, 3.8) is 0 Å². The van der Waals surface area contributed by atoms with Gasteiger partial charge in [-0.15, -0.1) is 24.8 Å². The SMILES string of the molecule is CCc1ccccc1NC(=O)CN1CCN(C(=O)C(C)C(C)N)CC1.Cl.Cl. The minimum absolute atomic E-state index is 0. The molecular weight excluding hydrogens is 387 g/mol. The monoisotopic (exact) mass is 418 g/mol. The highest BCUT2D eigenvalue weighted by Gasteiger charge is 2.27. The number of para-hydroxylation sites is 1. The second kappa shape index (κ2) is 12.2. The number of nitrogens with one attached hydrogen (secondary N) is 1. The first kappa shape index (κ1) is 25.7. The van der Waals surface area contributed by atoms with E-state index in [9.17, 15) is 9.59 Å². The largest absolute Gasteiger partial charge is 0.340 e. The van der Waals surface area contributed by atoms with Crippen LogP contribution in [0.25, 0.3) is 0 Å². The number of hydrogen-bond donors (Lipinski definition) is 2. The molecule has 1 fully saturated rings. The van der Waals surface area contributed by atoms with Crippen LogP contribution in [0.15, 0.2) is 24.3 Å². The van der Waals surface area contributed by atoms with E-state index in [-0.39, 0.29) is 48.6 Å². The summed E-state index contributed by atoms with van der Waals surface area (Å²) in [6.45, 7) is 8.87. The maximum absolute atomic E-state index is 12.3. The molecular formula is C19H32Cl2N4O2. The van der Waals surface area contributed by atoms with Crippen molar-refractivity contribution in [3.8, 4) is 0 Å². The van der Waals surface area contributed by atoms with Crippen molar-refractivity contribution in [2.75, 3.05) is 38.0 Å². The Morgan fingerprint density at radius 3 is 2.26 bits per heavy atom. The first-order valence-electron chi connectivity index (χ1n) is 9.06. The fraction of sp³-hybridized carbons (Fsp3) is 0.579. The Hall–Kier alpha value is -1.34. The van der Waals surface area contributed by atoms with Gasteiger partial charge in [-0.3, -0.25) is 14.5 Å².